The summed E-state index contributed by atoms with van der Waals surface area (Å²) in [6, 6.07) is 8.85. The van der Waals surface area contributed by atoms with Crippen molar-refractivity contribution in [3.05, 3.63) is 60.6 Å². The summed E-state index contributed by atoms with van der Waals surface area (Å²) in [6.45, 7) is 12.9. The molecule has 0 saturated carbocycles. The van der Waals surface area contributed by atoms with Gasteiger partial charge in [-0.3, -0.25) is 14.9 Å². The van der Waals surface area contributed by atoms with E-state index in [0.29, 0.717) is 17.8 Å². The van der Waals surface area contributed by atoms with Crippen LogP contribution in [0.25, 0.3) is 17.1 Å². The SMILES string of the molecule is C=Cc1cnc(Nc2cc(C)c(N3CCC(N4CCN(C)CC4)CC3)cc2OC)nc1Nc1ccc2nccnc2c1NSC. The molecule has 0 aliphatic carbocycles. The van der Waals surface area contributed by atoms with Crippen LogP contribution in [0.5, 0.6) is 5.75 Å². The summed E-state index contributed by atoms with van der Waals surface area (Å²) < 4.78 is 9.22. The monoisotopic (exact) mass is 626 g/mol. The molecule has 236 valence electrons. The molecule has 45 heavy (non-hydrogen) atoms. The fraction of sp³-hybridized carbons (Fsp3) is 0.394. The number of benzene rings is 2. The minimum atomic E-state index is 0.446. The molecule has 0 radical (unpaired) electrons. The minimum absolute atomic E-state index is 0.446. The van der Waals surface area contributed by atoms with Crippen molar-refractivity contribution in [2.75, 3.05) is 79.9 Å². The molecular formula is C33H42N10OS. The van der Waals surface area contributed by atoms with Crippen LogP contribution in [-0.4, -0.2) is 95.5 Å². The molecule has 4 heterocycles. The van der Waals surface area contributed by atoms with Crippen molar-refractivity contribution in [2.24, 2.45) is 0 Å². The molecule has 11 nitrogen and oxygen atoms in total. The van der Waals surface area contributed by atoms with Gasteiger partial charge in [0, 0.05) is 87.5 Å². The predicted molar refractivity (Wildman–Crippen MR) is 187 cm³/mol. The third-order valence-corrected chi connectivity index (χ3v) is 9.17. The number of hydrogen-bond acceptors (Lipinski definition) is 12. The molecule has 2 aromatic heterocycles. The first kappa shape index (κ1) is 30.9. The minimum Gasteiger partial charge on any atom is -0.494 e. The van der Waals surface area contributed by atoms with Crippen molar-refractivity contribution in [1.29, 1.82) is 0 Å². The average molecular weight is 627 g/mol. The maximum absolute atomic E-state index is 5.87. The van der Waals surface area contributed by atoms with E-state index in [4.69, 9.17) is 9.72 Å². The Kier molecular flexibility index (Phi) is 9.53. The van der Waals surface area contributed by atoms with Gasteiger partial charge in [-0.05, 0) is 50.6 Å². The fourth-order valence-electron chi connectivity index (χ4n) is 6.24. The molecule has 2 aromatic carbocycles. The van der Waals surface area contributed by atoms with Crippen molar-refractivity contribution in [1.82, 2.24) is 29.7 Å². The van der Waals surface area contributed by atoms with Crippen LogP contribution in [0, 0.1) is 6.92 Å². The van der Waals surface area contributed by atoms with Crippen molar-refractivity contribution in [2.45, 2.75) is 25.8 Å². The Morgan fingerprint density at radius 2 is 1.76 bits per heavy atom. The summed E-state index contributed by atoms with van der Waals surface area (Å²) in [4.78, 5) is 26.0. The molecule has 0 atom stereocenters. The summed E-state index contributed by atoms with van der Waals surface area (Å²) in [5.74, 6) is 1.81. The van der Waals surface area contributed by atoms with Crippen LogP contribution in [0.3, 0.4) is 0 Å². The van der Waals surface area contributed by atoms with E-state index in [2.05, 4.69) is 77.7 Å². The predicted octanol–water partition coefficient (Wildman–Crippen LogP) is 5.77. The van der Waals surface area contributed by atoms with Crippen LogP contribution in [0.15, 0.2) is 49.4 Å². The second-order valence-corrected chi connectivity index (χ2v) is 12.2. The van der Waals surface area contributed by atoms with Crippen LogP contribution in [0.2, 0.25) is 0 Å². The second-order valence-electron chi connectivity index (χ2n) is 11.6. The van der Waals surface area contributed by atoms with Crippen LogP contribution < -0.4 is 25.0 Å². The smallest absolute Gasteiger partial charge is 0.229 e. The highest BCUT2D eigenvalue weighted by atomic mass is 32.2. The first-order valence-corrected chi connectivity index (χ1v) is 16.6. The highest BCUT2D eigenvalue weighted by Crippen LogP contribution is 2.37. The molecule has 2 aliphatic rings. The first-order valence-electron chi connectivity index (χ1n) is 15.4. The Labute approximate surface area is 269 Å². The van der Waals surface area contributed by atoms with Gasteiger partial charge in [-0.15, -0.1) is 0 Å². The van der Waals surface area contributed by atoms with Gasteiger partial charge >= 0.3 is 0 Å². The maximum atomic E-state index is 5.87. The zero-order valence-electron chi connectivity index (χ0n) is 26.5. The van der Waals surface area contributed by atoms with Gasteiger partial charge in [-0.1, -0.05) is 24.6 Å². The number of ether oxygens (including phenoxy) is 1. The number of nitrogens with one attached hydrogen (secondary N) is 3. The Morgan fingerprint density at radius 1 is 0.978 bits per heavy atom. The van der Waals surface area contributed by atoms with Gasteiger partial charge in [0.05, 0.1) is 29.7 Å². The van der Waals surface area contributed by atoms with E-state index in [9.17, 15) is 0 Å². The van der Waals surface area contributed by atoms with Gasteiger partial charge in [0.2, 0.25) is 5.95 Å². The number of aryl methyl sites for hydroxylation is 1. The molecule has 6 rings (SSSR count). The Balaban J connectivity index is 1.20. The topological polar surface area (TPSA) is 107 Å². The third kappa shape index (κ3) is 6.77. The summed E-state index contributed by atoms with van der Waals surface area (Å²) in [6.07, 6.45) is 11.2. The Morgan fingerprint density at radius 3 is 2.49 bits per heavy atom. The number of piperidine rings is 1. The van der Waals surface area contributed by atoms with Gasteiger partial charge in [-0.2, -0.15) is 4.98 Å². The average Bonchev–Trinajstić information content (AvgIpc) is 3.07. The van der Waals surface area contributed by atoms with Gasteiger partial charge in [0.15, 0.2) is 0 Å². The molecule has 0 unspecified atom stereocenters. The molecular weight excluding hydrogens is 584 g/mol. The van der Waals surface area contributed by atoms with Gasteiger partial charge < -0.3 is 29.9 Å². The number of aromatic nitrogens is 4. The molecule has 0 bridgehead atoms. The normalized spacial score (nSPS) is 16.5. The number of fused-ring (bicyclic) bond motifs is 1. The zero-order valence-corrected chi connectivity index (χ0v) is 27.3. The van der Waals surface area contributed by atoms with Crippen LogP contribution >= 0.6 is 11.9 Å². The van der Waals surface area contributed by atoms with E-state index in [1.165, 1.54) is 49.1 Å². The molecule has 2 saturated heterocycles. The Hall–Kier alpha value is -4.13. The lowest BCUT2D eigenvalue weighted by Crippen LogP contribution is -2.52. The van der Waals surface area contributed by atoms with E-state index < -0.39 is 0 Å². The number of likely N-dealkylation sites (N-methyl/N-ethyl adjacent to an activating group) is 1. The fourth-order valence-corrected chi connectivity index (χ4v) is 6.65. The highest BCUT2D eigenvalue weighted by molar-refractivity contribution is 7.99. The van der Waals surface area contributed by atoms with Crippen molar-refractivity contribution >= 4 is 63.6 Å². The largest absolute Gasteiger partial charge is 0.494 e. The van der Waals surface area contributed by atoms with Gasteiger partial charge in [0.1, 0.15) is 17.1 Å². The number of nitrogens with zero attached hydrogens (tertiary/aromatic N) is 7. The molecule has 2 fully saturated rings. The van der Waals surface area contributed by atoms with Crippen LogP contribution in [0.1, 0.15) is 24.0 Å². The number of hydrogen-bond donors (Lipinski definition) is 3. The lowest BCUT2D eigenvalue weighted by molar-refractivity contribution is 0.0982. The molecule has 0 spiro atoms. The van der Waals surface area contributed by atoms with E-state index in [1.54, 1.807) is 31.8 Å². The molecule has 2 aliphatic heterocycles. The number of piperazine rings is 1. The second kappa shape index (κ2) is 13.9. The van der Waals surface area contributed by atoms with E-state index in [1.807, 2.05) is 18.4 Å². The first-order chi connectivity index (χ1) is 22.0. The lowest BCUT2D eigenvalue weighted by atomic mass is 10.0. The van der Waals surface area contributed by atoms with Gasteiger partial charge in [0.25, 0.3) is 0 Å². The molecule has 3 N–H and O–H groups in total. The Bertz CT molecular complexity index is 1650. The summed E-state index contributed by atoms with van der Waals surface area (Å²) >= 11 is 1.49. The molecule has 0 amide bonds. The standard InChI is InChI=1S/C33H42N10OS/c1-6-23-21-36-33(39-32(23)37-26-8-7-25-30(31(26)40-45-5)35-12-11-34-25)38-27-19-22(2)28(20-29(27)44-4)43-13-9-24(10-14-43)42-17-15-41(3)16-18-42/h6-8,11-12,19-21,24,40H,1,9-10,13-18H2,2-5H3,(H2,36,37,38,39). The van der Waals surface area contributed by atoms with E-state index >= 15 is 0 Å². The third-order valence-electron chi connectivity index (χ3n) is 8.76. The summed E-state index contributed by atoms with van der Waals surface area (Å²) in [7, 11) is 3.92. The summed E-state index contributed by atoms with van der Waals surface area (Å²) in [5, 5.41) is 6.87. The maximum Gasteiger partial charge on any atom is 0.229 e. The quantitative estimate of drug-likeness (QED) is 0.186. The molecule has 12 heteroatoms. The van der Waals surface area contributed by atoms with Crippen LogP contribution in [0.4, 0.5) is 34.5 Å². The zero-order chi connectivity index (χ0) is 31.3. The number of methoxy groups -OCH3 is 1. The van der Waals surface area contributed by atoms with Crippen molar-refractivity contribution < 1.29 is 4.74 Å². The van der Waals surface area contributed by atoms with Gasteiger partial charge in [-0.25, -0.2) is 4.98 Å². The van der Waals surface area contributed by atoms with Crippen molar-refractivity contribution in [3.8, 4) is 5.75 Å². The number of anilines is 6. The number of rotatable bonds is 10. The van der Waals surface area contributed by atoms with E-state index in [-0.39, 0.29) is 0 Å². The molecule has 4 aromatic rings. The highest BCUT2D eigenvalue weighted by Gasteiger charge is 2.28. The van der Waals surface area contributed by atoms with E-state index in [0.717, 1.165) is 65.6 Å². The summed E-state index contributed by atoms with van der Waals surface area (Å²) in [5.41, 5.74) is 7.21. The van der Waals surface area contributed by atoms with Crippen LogP contribution in [-0.2, 0) is 0 Å². The van der Waals surface area contributed by atoms with Crippen molar-refractivity contribution in [3.63, 3.8) is 0 Å². The lowest BCUT2D eigenvalue weighted by Gasteiger charge is -2.43.